The zero-order chi connectivity index (χ0) is 102. The predicted molar refractivity (Wildman–Crippen MR) is 640 cm³/mol. The minimum absolute atomic E-state index is 0. The van der Waals surface area contributed by atoms with Crippen LogP contribution >= 0.6 is 0 Å². The summed E-state index contributed by atoms with van der Waals surface area (Å²) in [5.41, 5.74) is 47.4. The van der Waals surface area contributed by atoms with E-state index in [0.29, 0.717) is 0 Å². The largest absolute Gasteiger partial charge is 0.304 e. The van der Waals surface area contributed by atoms with Crippen LogP contribution in [0.4, 0.5) is 0 Å². The molecular weight excluding hydrogens is 1960 g/mol. The van der Waals surface area contributed by atoms with Crippen molar-refractivity contribution in [3.05, 3.63) is 304 Å². The van der Waals surface area contributed by atoms with Crippen molar-refractivity contribution < 1.29 is 20.1 Å². The molecule has 12 aromatic carbocycles. The predicted octanol–water partition coefficient (Wildman–Crippen LogP) is 45.2. The van der Waals surface area contributed by atoms with Gasteiger partial charge in [-0.05, 0) is 309 Å². The molecule has 0 spiro atoms. The second-order valence-electron chi connectivity index (χ2n) is 46.9. The van der Waals surface area contributed by atoms with Crippen LogP contribution in [0.25, 0.3) is 133 Å². The van der Waals surface area contributed by atoms with Gasteiger partial charge in [-0.3, -0.25) is 0 Å². The van der Waals surface area contributed by atoms with Crippen LogP contribution in [0.3, 0.4) is 0 Å². The van der Waals surface area contributed by atoms with Gasteiger partial charge in [-0.2, -0.15) is 0 Å². The first-order valence-corrected chi connectivity index (χ1v) is 61.2. The molecule has 0 fully saturated rings. The summed E-state index contributed by atoms with van der Waals surface area (Å²) in [5.74, 6) is 0. The topological polar surface area (TPSA) is 12.9 Å². The zero-order valence-electron chi connectivity index (χ0n) is 93.7. The van der Waals surface area contributed by atoms with E-state index in [4.69, 9.17) is 4.98 Å². The molecule has 781 valence electrons. The number of rotatable bonds is 61. The Labute approximate surface area is 911 Å². The third-order valence-corrected chi connectivity index (χ3v) is 37.2. The Balaban J connectivity index is 0.0000149. The van der Waals surface area contributed by atoms with Crippen molar-refractivity contribution in [1.82, 2.24) is 4.98 Å². The summed E-state index contributed by atoms with van der Waals surface area (Å²) in [7, 11) is 0. The number of hydrogen-bond acceptors (Lipinski definition) is 1. The van der Waals surface area contributed by atoms with E-state index in [1.54, 1.807) is 55.6 Å². The second-order valence-corrected chi connectivity index (χ2v) is 46.9. The molecule has 0 atom stereocenters. The maximum atomic E-state index is 5.31. The molecule has 0 bridgehead atoms. The van der Waals surface area contributed by atoms with Crippen molar-refractivity contribution in [3.63, 3.8) is 0 Å². The van der Waals surface area contributed by atoms with E-state index in [2.05, 4.69) is 319 Å². The monoisotopic (exact) mass is 2140 g/mol. The summed E-state index contributed by atoms with van der Waals surface area (Å²) < 4.78 is 0. The number of benzene rings is 12. The molecule has 0 N–H and O–H groups in total. The van der Waals surface area contributed by atoms with Gasteiger partial charge in [0.15, 0.2) is 0 Å². The summed E-state index contributed by atoms with van der Waals surface area (Å²) >= 11 is 0. The third-order valence-electron chi connectivity index (χ3n) is 37.2. The van der Waals surface area contributed by atoms with Crippen molar-refractivity contribution in [2.24, 2.45) is 0 Å². The van der Waals surface area contributed by atoms with Crippen LogP contribution in [0.15, 0.2) is 237 Å². The number of aryl methyl sites for hydroxylation is 1. The molecule has 0 amide bonds. The van der Waals surface area contributed by atoms with Gasteiger partial charge in [-0.1, -0.05) is 516 Å². The second kappa shape index (κ2) is 52.4. The zero-order valence-corrected chi connectivity index (χ0v) is 96.1. The summed E-state index contributed by atoms with van der Waals surface area (Å²) in [6.45, 7) is 26.2. The molecule has 1 nitrogen and oxygen atoms in total. The molecule has 18 rings (SSSR count). The number of hydrogen-bond donors (Lipinski definition) is 0. The van der Waals surface area contributed by atoms with Crippen LogP contribution < -0.4 is 0 Å². The van der Waals surface area contributed by atoms with Crippen LogP contribution in [0.1, 0.15) is 484 Å². The minimum atomic E-state index is -0.122. The third kappa shape index (κ3) is 22.7. The molecule has 0 aliphatic heterocycles. The van der Waals surface area contributed by atoms with Crippen molar-refractivity contribution in [1.29, 1.82) is 0 Å². The maximum absolute atomic E-state index is 5.31. The minimum Gasteiger partial charge on any atom is -0.304 e. The van der Waals surface area contributed by atoms with Gasteiger partial charge in [-0.25, -0.2) is 0 Å². The quantitative estimate of drug-likeness (QED) is 0.0273. The molecule has 5 aliphatic carbocycles. The van der Waals surface area contributed by atoms with Crippen molar-refractivity contribution in [3.8, 4) is 123 Å². The van der Waals surface area contributed by atoms with E-state index >= 15 is 0 Å². The number of aromatic nitrogens is 1. The molecule has 1 heterocycles. The van der Waals surface area contributed by atoms with Gasteiger partial charge in [-0.15, -0.1) is 35.4 Å². The Morgan fingerprint density at radius 3 is 0.635 bits per heavy atom. The van der Waals surface area contributed by atoms with Gasteiger partial charge in [0.05, 0.1) is 0 Å². The Kier molecular flexibility index (Phi) is 38.9. The normalized spacial score (nSPS) is 14.4. The molecule has 1 radical (unpaired) electrons. The Morgan fingerprint density at radius 2 is 0.392 bits per heavy atom. The summed E-state index contributed by atoms with van der Waals surface area (Å²) in [4.78, 5) is 5.31. The van der Waals surface area contributed by atoms with Crippen LogP contribution in [0, 0.1) is 6.07 Å². The maximum Gasteiger partial charge on any atom is 0.0215 e. The van der Waals surface area contributed by atoms with Gasteiger partial charge in [0.25, 0.3) is 0 Å². The summed E-state index contributed by atoms with van der Waals surface area (Å²) in [6.07, 6.45) is 70.8. The number of pyridine rings is 1. The molecule has 0 unspecified atom stereocenters. The first kappa shape index (κ1) is 110. The van der Waals surface area contributed by atoms with Crippen LogP contribution in [0.2, 0.25) is 0 Å². The van der Waals surface area contributed by atoms with E-state index in [1.165, 1.54) is 474 Å². The van der Waals surface area contributed by atoms with Crippen LogP contribution in [0.5, 0.6) is 0 Å². The van der Waals surface area contributed by atoms with E-state index in [0.717, 1.165) is 17.7 Å². The molecule has 0 saturated heterocycles. The summed E-state index contributed by atoms with van der Waals surface area (Å²) in [6, 6.07) is 100. The molecule has 148 heavy (non-hydrogen) atoms. The Morgan fingerprint density at radius 1 is 0.189 bits per heavy atom. The fourth-order valence-electron chi connectivity index (χ4n) is 29.1. The van der Waals surface area contributed by atoms with Gasteiger partial charge in [0, 0.05) is 53.4 Å². The molecule has 1 aromatic heterocycles. The molecule has 5 aliphatic rings. The number of fused-ring (bicyclic) bond motifs is 16. The standard InChI is InChI=1S/C146H182N.Ir/c1-12-23-34-45-61-118-106-147-141(130-66-47-46-64-119(118)130)117-63-60-62-107(96-117)108-68-78-122-123-80-71-111(100-134(123)143(133(122)97-108,88-52-37-26-15-4)89-53-38-27-16-5)112-72-82-126-127-84-75-115(104-138(127)145(137(126)101-112,92-56-41-30-19-8)93-57-42-31-20-9)116-76-85-129-128-83-74-114(103-139(128)146(140(129)105-116,94-58-43-32-21-10)95-59-44-33-22-11)113-73-81-125-124-79-70-110(99-135(124)144(136(125)102-113,90-54-39-28-17-6)91-55-40-29-18-7)109-69-77-121-120-65-48-49-67-131(120)142(132(121)98-109,86-50-35-24-13-2)87-51-36-25-14-3;/h46-49,60,62,64-85,96-106H,12-45,50-59,61,86-95H2,1-11H3;/q-1;. The fraction of sp³-hybridized carbons (Fsp3) is 0.486. The summed E-state index contributed by atoms with van der Waals surface area (Å²) in [5, 5.41) is 2.56. The number of nitrogens with zero attached hydrogens (tertiary/aromatic N) is 1. The average molecular weight is 2140 g/mol. The molecule has 0 saturated carbocycles. The van der Waals surface area contributed by atoms with Gasteiger partial charge in [0.1, 0.15) is 0 Å². The average Bonchev–Trinajstić information content (AvgIpc) is 1.56. The molecular formula is C146H182IrN-. The van der Waals surface area contributed by atoms with Crippen LogP contribution in [-0.4, -0.2) is 4.98 Å². The van der Waals surface area contributed by atoms with Crippen molar-refractivity contribution in [2.75, 3.05) is 0 Å². The van der Waals surface area contributed by atoms with Gasteiger partial charge >= 0.3 is 0 Å². The first-order chi connectivity index (χ1) is 72.4. The smallest absolute Gasteiger partial charge is 0.0215 e. The van der Waals surface area contributed by atoms with Gasteiger partial charge < -0.3 is 4.98 Å². The first-order valence-electron chi connectivity index (χ1n) is 61.2. The molecule has 13 aromatic rings. The van der Waals surface area contributed by atoms with Crippen molar-refractivity contribution >= 4 is 10.8 Å². The SMILES string of the molecule is CCCCCCc1cnc(-c2[c-]ccc(-c3ccc4c(c3)C(CCCCCC)(CCCCCC)c3cc(-c5ccc6c(c5)C(CCCCCC)(CCCCCC)c5cc(-c7ccc8c(c7)C(CCCCCC)(CCCCCC)c7cc(-c9ccc%10c(c9)C(CCCCCC)(CCCCCC)c9cc(-c%11ccc%12c(c%11)C(CCCCCC)(CCCCCC)c%11ccccc%11-%12)ccc9-%10)ccc7-8)ccc5-6)ccc3-4)c2)c2ccccc12.[Ir]. The molecule has 2 heteroatoms. The van der Waals surface area contributed by atoms with E-state index in [1.807, 2.05) is 0 Å². The van der Waals surface area contributed by atoms with E-state index in [-0.39, 0.29) is 47.2 Å². The van der Waals surface area contributed by atoms with E-state index in [9.17, 15) is 0 Å². The Bertz CT molecular complexity index is 6450. The van der Waals surface area contributed by atoms with Gasteiger partial charge in [0.2, 0.25) is 0 Å². The Hall–Kier alpha value is -9.30. The van der Waals surface area contributed by atoms with Crippen molar-refractivity contribution in [2.45, 2.75) is 456 Å². The van der Waals surface area contributed by atoms with E-state index < -0.39 is 0 Å². The van der Waals surface area contributed by atoms with Crippen LogP contribution in [-0.2, 0) is 53.6 Å². The fourth-order valence-corrected chi connectivity index (χ4v) is 29.1. The number of unbranched alkanes of at least 4 members (excludes halogenated alkanes) is 33.